The minimum absolute atomic E-state index is 0. The monoisotopic (exact) mass is 434 g/mol. The lowest BCUT2D eigenvalue weighted by Crippen LogP contribution is -2.39. The molecule has 8 heteroatoms. The number of aromatic nitrogens is 3. The van der Waals surface area contributed by atoms with Crippen molar-refractivity contribution < 1.29 is 0 Å². The molecule has 2 heterocycles. The van der Waals surface area contributed by atoms with Crippen LogP contribution in [0.4, 0.5) is 0 Å². The molecule has 0 atom stereocenters. The van der Waals surface area contributed by atoms with E-state index in [1.807, 2.05) is 30.9 Å². The molecule has 2 aromatic heterocycles. The Morgan fingerprint density at radius 2 is 2.32 bits per heavy atom. The van der Waals surface area contributed by atoms with Crippen molar-refractivity contribution in [3.63, 3.8) is 0 Å². The summed E-state index contributed by atoms with van der Waals surface area (Å²) in [6.07, 6.45) is 4.78. The quantitative estimate of drug-likeness (QED) is 0.328. The highest BCUT2D eigenvalue weighted by Crippen LogP contribution is 2.09. The summed E-state index contributed by atoms with van der Waals surface area (Å²) in [5, 5.41) is 10.7. The smallest absolute Gasteiger partial charge is 0.193 e. The average molecular weight is 434 g/mol. The van der Waals surface area contributed by atoms with E-state index >= 15 is 0 Å². The second-order valence-electron chi connectivity index (χ2n) is 4.81. The van der Waals surface area contributed by atoms with Gasteiger partial charge < -0.3 is 10.2 Å². The van der Waals surface area contributed by atoms with Gasteiger partial charge in [0.1, 0.15) is 0 Å². The molecule has 122 valence electrons. The molecule has 6 nitrogen and oxygen atoms in total. The molecule has 2 rings (SSSR count). The zero-order valence-electron chi connectivity index (χ0n) is 13.2. The molecule has 0 saturated carbocycles. The molecule has 0 aliphatic carbocycles. The third kappa shape index (κ3) is 5.91. The Morgan fingerprint density at radius 3 is 2.91 bits per heavy atom. The van der Waals surface area contributed by atoms with Crippen molar-refractivity contribution in [1.82, 2.24) is 25.0 Å². The largest absolute Gasteiger partial charge is 0.356 e. The SMILES string of the molecule is CN=C(NCCCn1cccn1)N(C)Cc1csc(C)n1.I. The molecule has 0 amide bonds. The molecule has 2 aromatic rings. The van der Waals surface area contributed by atoms with Crippen LogP contribution in [0.5, 0.6) is 0 Å². The fourth-order valence-electron chi connectivity index (χ4n) is 2.06. The second-order valence-corrected chi connectivity index (χ2v) is 5.87. The van der Waals surface area contributed by atoms with Crippen LogP contribution in [0.25, 0.3) is 0 Å². The van der Waals surface area contributed by atoms with Crippen LogP contribution in [0.15, 0.2) is 28.8 Å². The van der Waals surface area contributed by atoms with Crippen LogP contribution in [-0.4, -0.2) is 46.3 Å². The highest BCUT2D eigenvalue weighted by Gasteiger charge is 2.08. The van der Waals surface area contributed by atoms with Gasteiger partial charge in [-0.25, -0.2) is 4.98 Å². The summed E-state index contributed by atoms with van der Waals surface area (Å²) < 4.78 is 1.94. The van der Waals surface area contributed by atoms with Crippen LogP contribution in [0, 0.1) is 6.92 Å². The normalized spacial score (nSPS) is 11.1. The van der Waals surface area contributed by atoms with Crippen LogP contribution in [-0.2, 0) is 13.1 Å². The zero-order valence-corrected chi connectivity index (χ0v) is 16.3. The molecule has 0 aromatic carbocycles. The van der Waals surface area contributed by atoms with Gasteiger partial charge in [-0.3, -0.25) is 9.67 Å². The molecule has 0 bridgehead atoms. The van der Waals surface area contributed by atoms with Crippen molar-refractivity contribution in [2.75, 3.05) is 20.6 Å². The zero-order chi connectivity index (χ0) is 15.1. The van der Waals surface area contributed by atoms with Gasteiger partial charge in [-0.15, -0.1) is 35.3 Å². The van der Waals surface area contributed by atoms with Crippen LogP contribution in [0.3, 0.4) is 0 Å². The highest BCUT2D eigenvalue weighted by molar-refractivity contribution is 14.0. The Morgan fingerprint density at radius 1 is 1.50 bits per heavy atom. The summed E-state index contributed by atoms with van der Waals surface area (Å²) in [5.74, 6) is 0.890. The van der Waals surface area contributed by atoms with Crippen molar-refractivity contribution in [1.29, 1.82) is 0 Å². The van der Waals surface area contributed by atoms with E-state index in [9.17, 15) is 0 Å². The van der Waals surface area contributed by atoms with Crippen LogP contribution >= 0.6 is 35.3 Å². The first-order valence-corrected chi connectivity index (χ1v) is 7.87. The average Bonchev–Trinajstić information content (AvgIpc) is 3.10. The fraction of sp³-hybridized carbons (Fsp3) is 0.500. The van der Waals surface area contributed by atoms with E-state index in [-0.39, 0.29) is 24.0 Å². The van der Waals surface area contributed by atoms with Gasteiger partial charge in [-0.1, -0.05) is 0 Å². The molecule has 0 aliphatic heterocycles. The summed E-state index contributed by atoms with van der Waals surface area (Å²) in [5.41, 5.74) is 1.08. The number of rotatable bonds is 6. The Kier molecular flexibility index (Phi) is 8.39. The minimum atomic E-state index is 0. The number of aryl methyl sites for hydroxylation is 2. The first kappa shape index (κ1) is 18.9. The predicted octanol–water partition coefficient (Wildman–Crippen LogP) is 2.36. The summed E-state index contributed by atoms with van der Waals surface area (Å²) in [7, 11) is 3.83. The van der Waals surface area contributed by atoms with Gasteiger partial charge in [-0.05, 0) is 19.4 Å². The summed E-state index contributed by atoms with van der Waals surface area (Å²) in [4.78, 5) is 10.9. The lowest BCUT2D eigenvalue weighted by Gasteiger charge is -2.21. The summed E-state index contributed by atoms with van der Waals surface area (Å²) in [6, 6.07) is 1.94. The number of guanidine groups is 1. The number of hydrogen-bond acceptors (Lipinski definition) is 4. The van der Waals surface area contributed by atoms with Gasteiger partial charge in [-0.2, -0.15) is 5.10 Å². The first-order chi connectivity index (χ1) is 10.2. The number of nitrogens with zero attached hydrogens (tertiary/aromatic N) is 5. The predicted molar refractivity (Wildman–Crippen MR) is 102 cm³/mol. The molecule has 22 heavy (non-hydrogen) atoms. The van der Waals surface area contributed by atoms with Crippen molar-refractivity contribution in [3.05, 3.63) is 34.5 Å². The van der Waals surface area contributed by atoms with Gasteiger partial charge in [0.05, 0.1) is 17.2 Å². The minimum Gasteiger partial charge on any atom is -0.356 e. The molecular weight excluding hydrogens is 411 g/mol. The topological polar surface area (TPSA) is 58.3 Å². The number of thiazole rings is 1. The van der Waals surface area contributed by atoms with Crippen molar-refractivity contribution in [2.24, 2.45) is 4.99 Å². The van der Waals surface area contributed by atoms with Crippen LogP contribution in [0.1, 0.15) is 17.1 Å². The van der Waals surface area contributed by atoms with Gasteiger partial charge in [0.15, 0.2) is 5.96 Å². The summed E-state index contributed by atoms with van der Waals surface area (Å²) >= 11 is 1.68. The molecule has 1 N–H and O–H groups in total. The van der Waals surface area contributed by atoms with E-state index < -0.39 is 0 Å². The third-order valence-electron chi connectivity index (χ3n) is 3.05. The van der Waals surface area contributed by atoms with E-state index in [0.717, 1.165) is 42.7 Å². The number of aliphatic imine (C=N–C) groups is 1. The van der Waals surface area contributed by atoms with E-state index in [1.54, 1.807) is 24.6 Å². The maximum atomic E-state index is 4.48. The Labute approximate surface area is 152 Å². The standard InChI is InChI=1S/C14H22N6S.HI/c1-12-18-13(11-21-12)10-19(3)14(15-2)16-6-4-8-20-9-5-7-17-20;/h5,7,9,11H,4,6,8,10H2,1-3H3,(H,15,16);1H. The Balaban J connectivity index is 0.00000242. The summed E-state index contributed by atoms with van der Waals surface area (Å²) in [6.45, 7) is 4.57. The van der Waals surface area contributed by atoms with Gasteiger partial charge >= 0.3 is 0 Å². The second kappa shape index (κ2) is 9.78. The van der Waals surface area contributed by atoms with Crippen LogP contribution in [0.2, 0.25) is 0 Å². The molecular formula is C14H23IN6S. The van der Waals surface area contributed by atoms with Crippen molar-refractivity contribution >= 4 is 41.3 Å². The van der Waals surface area contributed by atoms with Crippen molar-refractivity contribution in [3.8, 4) is 0 Å². The fourth-order valence-corrected chi connectivity index (χ4v) is 2.66. The lowest BCUT2D eigenvalue weighted by atomic mass is 10.4. The molecule has 0 radical (unpaired) electrons. The molecule has 0 spiro atoms. The number of hydrogen-bond donors (Lipinski definition) is 1. The maximum Gasteiger partial charge on any atom is 0.193 e. The van der Waals surface area contributed by atoms with Crippen LogP contribution < -0.4 is 5.32 Å². The van der Waals surface area contributed by atoms with E-state index in [2.05, 4.69) is 30.7 Å². The molecule has 0 aliphatic rings. The highest BCUT2D eigenvalue weighted by atomic mass is 127. The first-order valence-electron chi connectivity index (χ1n) is 6.99. The van der Waals surface area contributed by atoms with Gasteiger partial charge in [0, 0.05) is 45.0 Å². The van der Waals surface area contributed by atoms with Gasteiger partial charge in [0.25, 0.3) is 0 Å². The lowest BCUT2D eigenvalue weighted by molar-refractivity contribution is 0.466. The Hall–Kier alpha value is -1.16. The molecule has 0 unspecified atom stereocenters. The van der Waals surface area contributed by atoms with E-state index in [1.165, 1.54) is 0 Å². The van der Waals surface area contributed by atoms with E-state index in [0.29, 0.717) is 0 Å². The van der Waals surface area contributed by atoms with Crippen molar-refractivity contribution in [2.45, 2.75) is 26.4 Å². The molecule has 0 saturated heterocycles. The third-order valence-corrected chi connectivity index (χ3v) is 3.87. The molecule has 0 fully saturated rings. The van der Waals surface area contributed by atoms with Gasteiger partial charge in [0.2, 0.25) is 0 Å². The maximum absolute atomic E-state index is 4.48. The number of nitrogens with one attached hydrogen (secondary N) is 1. The Bertz CT molecular complexity index is 566. The number of halogens is 1. The van der Waals surface area contributed by atoms with E-state index in [4.69, 9.17) is 0 Å².